The molecule has 0 saturated heterocycles. The Labute approximate surface area is 104 Å². The van der Waals surface area contributed by atoms with E-state index in [9.17, 15) is 0 Å². The molecule has 0 aliphatic rings. The van der Waals surface area contributed by atoms with Crippen LogP contribution in [0.5, 0.6) is 0 Å². The Morgan fingerprint density at radius 2 is 1.75 bits per heavy atom. The number of nitrogens with zero attached hydrogens (tertiary/aromatic N) is 3. The molecule has 0 radical (unpaired) electrons. The highest BCUT2D eigenvalue weighted by Crippen LogP contribution is 2.29. The van der Waals surface area contributed by atoms with Gasteiger partial charge in [-0.25, -0.2) is 0 Å². The molecule has 1 aromatic carbocycles. The minimum Gasteiger partial charge on any atom is -0.326 e. The smallest absolute Gasteiger partial charge is 0.187 e. The molecule has 0 aliphatic carbocycles. The highest BCUT2D eigenvalue weighted by Gasteiger charge is 2.12. The predicted molar refractivity (Wildman–Crippen MR) is 68.9 cm³/mol. The summed E-state index contributed by atoms with van der Waals surface area (Å²) in [5.41, 5.74) is 3.52. The van der Waals surface area contributed by atoms with Gasteiger partial charge < -0.3 is 4.90 Å². The van der Waals surface area contributed by atoms with Crippen molar-refractivity contribution in [1.29, 1.82) is 0 Å². The lowest BCUT2D eigenvalue weighted by molar-refractivity contribution is 1.16. The number of aryl methyl sites for hydroxylation is 2. The van der Waals surface area contributed by atoms with Crippen LogP contribution in [0, 0.1) is 13.8 Å². The molecule has 0 atom stereocenters. The van der Waals surface area contributed by atoms with E-state index >= 15 is 0 Å². The van der Waals surface area contributed by atoms with Crippen LogP contribution in [0.2, 0.25) is 5.15 Å². The largest absolute Gasteiger partial charge is 0.326 e. The molecule has 0 fully saturated rings. The van der Waals surface area contributed by atoms with Crippen molar-refractivity contribution in [2.45, 2.75) is 13.8 Å². The fourth-order valence-corrected chi connectivity index (χ4v) is 2.43. The number of benzene rings is 1. The summed E-state index contributed by atoms with van der Waals surface area (Å²) >= 11 is 7.08. The first-order valence-electron chi connectivity index (χ1n) is 4.88. The second kappa shape index (κ2) is 4.39. The van der Waals surface area contributed by atoms with Crippen molar-refractivity contribution >= 4 is 34.8 Å². The van der Waals surface area contributed by atoms with Gasteiger partial charge in [-0.15, -0.1) is 0 Å². The number of rotatable bonds is 2. The maximum Gasteiger partial charge on any atom is 0.187 e. The van der Waals surface area contributed by atoms with Gasteiger partial charge in [-0.2, -0.15) is 8.75 Å². The summed E-state index contributed by atoms with van der Waals surface area (Å²) in [6, 6.07) is 6.34. The minimum atomic E-state index is 0.451. The number of aromatic nitrogens is 2. The Kier molecular flexibility index (Phi) is 3.12. The van der Waals surface area contributed by atoms with Crippen LogP contribution in [0.15, 0.2) is 18.2 Å². The van der Waals surface area contributed by atoms with Crippen LogP contribution in [0.1, 0.15) is 11.1 Å². The highest BCUT2D eigenvalue weighted by molar-refractivity contribution is 6.99. The first kappa shape index (κ1) is 11.4. The molecule has 0 bridgehead atoms. The van der Waals surface area contributed by atoms with E-state index in [1.807, 2.05) is 11.9 Å². The van der Waals surface area contributed by atoms with Crippen LogP contribution < -0.4 is 4.90 Å². The standard InChI is InChI=1S/C11H12ClN3S/c1-7-4-8(2)6-9(5-7)15(3)11-10(12)13-16-14-11/h4-6H,1-3H3. The Hall–Kier alpha value is -1.13. The number of hydrogen-bond acceptors (Lipinski definition) is 4. The highest BCUT2D eigenvalue weighted by atomic mass is 35.5. The first-order chi connectivity index (χ1) is 7.58. The van der Waals surface area contributed by atoms with E-state index in [0.29, 0.717) is 11.0 Å². The number of halogens is 1. The summed E-state index contributed by atoms with van der Waals surface area (Å²) in [4.78, 5) is 1.95. The van der Waals surface area contributed by atoms with Gasteiger partial charge in [-0.1, -0.05) is 17.7 Å². The Morgan fingerprint density at radius 1 is 1.12 bits per heavy atom. The monoisotopic (exact) mass is 253 g/mol. The van der Waals surface area contributed by atoms with E-state index < -0.39 is 0 Å². The third-order valence-electron chi connectivity index (χ3n) is 2.34. The molecule has 1 heterocycles. The van der Waals surface area contributed by atoms with Crippen LogP contribution >= 0.6 is 23.3 Å². The Balaban J connectivity index is 2.41. The van der Waals surface area contributed by atoms with Gasteiger partial charge in [-0.05, 0) is 37.1 Å². The Morgan fingerprint density at radius 3 is 2.25 bits per heavy atom. The summed E-state index contributed by atoms with van der Waals surface area (Å²) in [5, 5.41) is 0.451. The zero-order chi connectivity index (χ0) is 11.7. The van der Waals surface area contributed by atoms with E-state index in [4.69, 9.17) is 11.6 Å². The average Bonchev–Trinajstić information content (AvgIpc) is 2.62. The second-order valence-electron chi connectivity index (χ2n) is 3.78. The molecule has 84 valence electrons. The van der Waals surface area contributed by atoms with Gasteiger partial charge in [0.2, 0.25) is 0 Å². The van der Waals surface area contributed by atoms with Gasteiger partial charge >= 0.3 is 0 Å². The van der Waals surface area contributed by atoms with Gasteiger partial charge in [0, 0.05) is 12.7 Å². The number of hydrogen-bond donors (Lipinski definition) is 0. The van der Waals surface area contributed by atoms with Gasteiger partial charge in [0.05, 0.1) is 11.7 Å². The maximum atomic E-state index is 5.96. The zero-order valence-corrected chi connectivity index (χ0v) is 10.9. The third kappa shape index (κ3) is 2.18. The maximum absolute atomic E-state index is 5.96. The molecule has 1 aromatic heterocycles. The van der Waals surface area contributed by atoms with Crippen molar-refractivity contribution in [3.05, 3.63) is 34.5 Å². The average molecular weight is 254 g/mol. The zero-order valence-electron chi connectivity index (χ0n) is 9.36. The first-order valence-corrected chi connectivity index (χ1v) is 5.99. The fraction of sp³-hybridized carbons (Fsp3) is 0.273. The van der Waals surface area contributed by atoms with Crippen LogP contribution in [0.25, 0.3) is 0 Å². The van der Waals surface area contributed by atoms with Crippen molar-refractivity contribution in [2.24, 2.45) is 0 Å². The van der Waals surface area contributed by atoms with Crippen molar-refractivity contribution < 1.29 is 0 Å². The summed E-state index contributed by atoms with van der Waals surface area (Å²) in [6.07, 6.45) is 0. The van der Waals surface area contributed by atoms with E-state index in [1.54, 1.807) is 0 Å². The van der Waals surface area contributed by atoms with Gasteiger partial charge in [0.25, 0.3) is 0 Å². The van der Waals surface area contributed by atoms with Crippen LogP contribution in [-0.2, 0) is 0 Å². The Bertz CT molecular complexity index is 489. The molecular weight excluding hydrogens is 242 g/mol. The van der Waals surface area contributed by atoms with Crippen LogP contribution in [0.3, 0.4) is 0 Å². The lowest BCUT2D eigenvalue weighted by Crippen LogP contribution is -2.10. The molecule has 0 unspecified atom stereocenters. The topological polar surface area (TPSA) is 29.0 Å². The van der Waals surface area contributed by atoms with E-state index in [1.165, 1.54) is 11.1 Å². The lowest BCUT2D eigenvalue weighted by atomic mass is 10.1. The molecule has 16 heavy (non-hydrogen) atoms. The second-order valence-corrected chi connectivity index (χ2v) is 4.67. The summed E-state index contributed by atoms with van der Waals surface area (Å²) in [7, 11) is 1.94. The molecule has 2 rings (SSSR count). The molecule has 2 aromatic rings. The van der Waals surface area contributed by atoms with Gasteiger partial charge in [-0.3, -0.25) is 0 Å². The molecule has 0 amide bonds. The lowest BCUT2D eigenvalue weighted by Gasteiger charge is -2.17. The van der Waals surface area contributed by atoms with Crippen molar-refractivity contribution in [3.63, 3.8) is 0 Å². The van der Waals surface area contributed by atoms with Gasteiger partial charge in [0.1, 0.15) is 0 Å². The molecular formula is C11H12ClN3S. The van der Waals surface area contributed by atoms with Crippen molar-refractivity contribution in [3.8, 4) is 0 Å². The molecule has 0 aliphatic heterocycles. The number of anilines is 2. The van der Waals surface area contributed by atoms with E-state index in [0.717, 1.165) is 17.4 Å². The van der Waals surface area contributed by atoms with Crippen molar-refractivity contribution in [2.75, 3.05) is 11.9 Å². The fourth-order valence-electron chi connectivity index (χ4n) is 1.64. The molecule has 0 saturated carbocycles. The molecule has 3 nitrogen and oxygen atoms in total. The minimum absolute atomic E-state index is 0.451. The van der Waals surface area contributed by atoms with Gasteiger partial charge in [0.15, 0.2) is 11.0 Å². The van der Waals surface area contributed by atoms with Crippen molar-refractivity contribution in [1.82, 2.24) is 8.75 Å². The summed E-state index contributed by atoms with van der Waals surface area (Å²) in [6.45, 7) is 4.15. The quantitative estimate of drug-likeness (QED) is 0.819. The summed E-state index contributed by atoms with van der Waals surface area (Å²) in [5.74, 6) is 0.705. The van der Waals surface area contributed by atoms with Crippen LogP contribution in [0.4, 0.5) is 11.5 Å². The predicted octanol–water partition coefficient (Wildman–Crippen LogP) is 3.58. The molecule has 5 heteroatoms. The normalized spacial score (nSPS) is 10.5. The van der Waals surface area contributed by atoms with E-state index in [-0.39, 0.29) is 0 Å². The SMILES string of the molecule is Cc1cc(C)cc(N(C)c2nsnc2Cl)c1. The van der Waals surface area contributed by atoms with Crippen LogP contribution in [-0.4, -0.2) is 15.8 Å². The molecule has 0 N–H and O–H groups in total. The third-order valence-corrected chi connectivity index (χ3v) is 3.22. The summed E-state index contributed by atoms with van der Waals surface area (Å²) < 4.78 is 8.14. The molecule has 0 spiro atoms. The van der Waals surface area contributed by atoms with E-state index in [2.05, 4.69) is 40.8 Å².